The molecule has 0 saturated heterocycles. The van der Waals surface area contributed by atoms with E-state index in [0.717, 1.165) is 12.8 Å². The number of hydrogen-bond donors (Lipinski definition) is 0. The van der Waals surface area contributed by atoms with Gasteiger partial charge in [-0.2, -0.15) is 5.10 Å². The summed E-state index contributed by atoms with van der Waals surface area (Å²) in [6, 6.07) is 2.67. The monoisotopic (exact) mass is 286 g/mol. The zero-order chi connectivity index (χ0) is 12.0. The highest BCUT2D eigenvalue weighted by Gasteiger charge is 2.07. The Bertz CT molecular complexity index is 296. The highest BCUT2D eigenvalue weighted by molar-refractivity contribution is 9.09. The summed E-state index contributed by atoms with van der Waals surface area (Å²) in [7, 11) is 0. The molecule has 0 N–H and O–H groups in total. The van der Waals surface area contributed by atoms with E-state index >= 15 is 0 Å². The van der Waals surface area contributed by atoms with Crippen LogP contribution in [0.15, 0.2) is 12.3 Å². The van der Waals surface area contributed by atoms with Crippen LogP contribution < -0.4 is 0 Å². The van der Waals surface area contributed by atoms with Crippen LogP contribution in [-0.4, -0.2) is 14.6 Å². The summed E-state index contributed by atoms with van der Waals surface area (Å²) in [4.78, 5) is 0.645. The molecule has 0 aromatic carbocycles. The number of rotatable bonds is 7. The van der Waals surface area contributed by atoms with Crippen LogP contribution in [0.4, 0.5) is 0 Å². The first-order chi connectivity index (χ1) is 7.67. The molecule has 0 aliphatic carbocycles. The van der Waals surface area contributed by atoms with Crippen molar-refractivity contribution in [2.45, 2.75) is 63.7 Å². The Morgan fingerprint density at radius 2 is 2.12 bits per heavy atom. The van der Waals surface area contributed by atoms with E-state index in [1.807, 2.05) is 0 Å². The summed E-state index contributed by atoms with van der Waals surface area (Å²) in [6.07, 6.45) is 8.01. The fourth-order valence-corrected chi connectivity index (χ4v) is 2.39. The van der Waals surface area contributed by atoms with Crippen molar-refractivity contribution in [3.63, 3.8) is 0 Å². The highest BCUT2D eigenvalue weighted by Crippen LogP contribution is 2.16. The molecule has 3 heteroatoms. The predicted molar refractivity (Wildman–Crippen MR) is 73.2 cm³/mol. The number of alkyl halides is 1. The molecule has 0 saturated carbocycles. The molecule has 0 aliphatic heterocycles. The van der Waals surface area contributed by atoms with Crippen LogP contribution in [0.5, 0.6) is 0 Å². The van der Waals surface area contributed by atoms with E-state index in [1.54, 1.807) is 0 Å². The van der Waals surface area contributed by atoms with Gasteiger partial charge in [-0.15, -0.1) is 0 Å². The SMILES string of the molecule is CCCC(Br)CCc1ccn(C(C)CC)n1. The third-order valence-electron chi connectivity index (χ3n) is 3.02. The van der Waals surface area contributed by atoms with Gasteiger partial charge in [0.05, 0.1) is 5.69 Å². The van der Waals surface area contributed by atoms with Crippen LogP contribution in [0, 0.1) is 0 Å². The summed E-state index contributed by atoms with van der Waals surface area (Å²) in [5.41, 5.74) is 1.22. The Kier molecular flexibility index (Phi) is 6.10. The Morgan fingerprint density at radius 3 is 2.75 bits per heavy atom. The van der Waals surface area contributed by atoms with Gasteiger partial charge in [0.15, 0.2) is 0 Å². The molecular weight excluding hydrogens is 264 g/mol. The molecule has 0 bridgehead atoms. The van der Waals surface area contributed by atoms with E-state index in [4.69, 9.17) is 0 Å². The van der Waals surface area contributed by atoms with Crippen molar-refractivity contribution >= 4 is 15.9 Å². The second-order valence-corrected chi connectivity index (χ2v) is 5.76. The minimum atomic E-state index is 0.518. The molecule has 0 radical (unpaired) electrons. The average Bonchev–Trinajstić information content (AvgIpc) is 2.74. The predicted octanol–water partition coefficient (Wildman–Crippen LogP) is 4.35. The first-order valence-corrected chi connectivity index (χ1v) is 7.27. The van der Waals surface area contributed by atoms with Crippen LogP contribution >= 0.6 is 15.9 Å². The molecule has 0 spiro atoms. The largest absolute Gasteiger partial charge is 0.270 e. The molecular formula is C13H23BrN2. The van der Waals surface area contributed by atoms with Crippen molar-refractivity contribution in [1.29, 1.82) is 0 Å². The fraction of sp³-hybridized carbons (Fsp3) is 0.769. The second-order valence-electron chi connectivity index (χ2n) is 4.47. The van der Waals surface area contributed by atoms with Gasteiger partial charge in [-0.1, -0.05) is 36.2 Å². The topological polar surface area (TPSA) is 17.8 Å². The lowest BCUT2D eigenvalue weighted by Crippen LogP contribution is -2.05. The van der Waals surface area contributed by atoms with Crippen molar-refractivity contribution in [3.8, 4) is 0 Å². The maximum atomic E-state index is 4.61. The van der Waals surface area contributed by atoms with Crippen molar-refractivity contribution in [1.82, 2.24) is 9.78 Å². The first-order valence-electron chi connectivity index (χ1n) is 6.35. The van der Waals surface area contributed by atoms with Gasteiger partial charge in [0.25, 0.3) is 0 Å². The molecule has 0 fully saturated rings. The van der Waals surface area contributed by atoms with Gasteiger partial charge in [-0.05, 0) is 38.7 Å². The van der Waals surface area contributed by atoms with Crippen LogP contribution in [0.25, 0.3) is 0 Å². The van der Waals surface area contributed by atoms with Gasteiger partial charge in [-0.25, -0.2) is 0 Å². The molecule has 0 aliphatic rings. The molecule has 92 valence electrons. The smallest absolute Gasteiger partial charge is 0.0625 e. The summed E-state index contributed by atoms with van der Waals surface area (Å²) >= 11 is 3.71. The number of aryl methyl sites for hydroxylation is 1. The normalized spacial score (nSPS) is 15.0. The van der Waals surface area contributed by atoms with Gasteiger partial charge in [0.2, 0.25) is 0 Å². The van der Waals surface area contributed by atoms with Crippen molar-refractivity contribution in [2.24, 2.45) is 0 Å². The lowest BCUT2D eigenvalue weighted by Gasteiger charge is -2.09. The fourth-order valence-electron chi connectivity index (χ4n) is 1.71. The lowest BCUT2D eigenvalue weighted by molar-refractivity contribution is 0.473. The quantitative estimate of drug-likeness (QED) is 0.682. The number of nitrogens with zero attached hydrogens (tertiary/aromatic N) is 2. The molecule has 1 heterocycles. The second kappa shape index (κ2) is 7.10. The Hall–Kier alpha value is -0.310. The van der Waals surface area contributed by atoms with Crippen LogP contribution in [-0.2, 0) is 6.42 Å². The molecule has 1 aromatic heterocycles. The third-order valence-corrected chi connectivity index (χ3v) is 3.94. The summed E-state index contributed by atoms with van der Waals surface area (Å²) in [5.74, 6) is 0. The van der Waals surface area contributed by atoms with E-state index in [9.17, 15) is 0 Å². The van der Waals surface area contributed by atoms with E-state index in [0.29, 0.717) is 10.9 Å². The maximum Gasteiger partial charge on any atom is 0.0625 e. The van der Waals surface area contributed by atoms with Gasteiger partial charge >= 0.3 is 0 Å². The summed E-state index contributed by atoms with van der Waals surface area (Å²) < 4.78 is 2.08. The zero-order valence-electron chi connectivity index (χ0n) is 10.6. The van der Waals surface area contributed by atoms with E-state index in [2.05, 4.69) is 58.7 Å². The van der Waals surface area contributed by atoms with Gasteiger partial charge in [0, 0.05) is 17.1 Å². The van der Waals surface area contributed by atoms with E-state index in [1.165, 1.54) is 25.0 Å². The van der Waals surface area contributed by atoms with Crippen molar-refractivity contribution in [2.75, 3.05) is 0 Å². The Balaban J connectivity index is 2.40. The van der Waals surface area contributed by atoms with E-state index < -0.39 is 0 Å². The molecule has 0 amide bonds. The lowest BCUT2D eigenvalue weighted by atomic mass is 10.1. The average molecular weight is 287 g/mol. The standard InChI is InChI=1S/C13H23BrN2/c1-4-6-12(14)7-8-13-9-10-16(15-13)11(3)5-2/h9-12H,4-8H2,1-3H3. The van der Waals surface area contributed by atoms with Crippen LogP contribution in [0.1, 0.15) is 58.2 Å². The van der Waals surface area contributed by atoms with Gasteiger partial charge < -0.3 is 0 Å². The maximum absolute atomic E-state index is 4.61. The minimum absolute atomic E-state index is 0.518. The van der Waals surface area contributed by atoms with Crippen molar-refractivity contribution in [3.05, 3.63) is 18.0 Å². The number of halogens is 1. The third kappa shape index (κ3) is 4.28. The zero-order valence-corrected chi connectivity index (χ0v) is 12.2. The van der Waals surface area contributed by atoms with Crippen LogP contribution in [0.3, 0.4) is 0 Å². The number of aromatic nitrogens is 2. The molecule has 2 unspecified atom stereocenters. The molecule has 1 rings (SSSR count). The highest BCUT2D eigenvalue weighted by atomic mass is 79.9. The Labute approximate surface area is 108 Å². The van der Waals surface area contributed by atoms with E-state index in [-0.39, 0.29) is 0 Å². The summed E-state index contributed by atoms with van der Waals surface area (Å²) in [5, 5.41) is 4.61. The molecule has 2 nitrogen and oxygen atoms in total. The first kappa shape index (κ1) is 13.8. The molecule has 16 heavy (non-hydrogen) atoms. The number of hydrogen-bond acceptors (Lipinski definition) is 1. The van der Waals surface area contributed by atoms with Gasteiger partial charge in [0.1, 0.15) is 0 Å². The molecule has 1 aromatic rings. The summed E-state index contributed by atoms with van der Waals surface area (Å²) in [6.45, 7) is 6.63. The van der Waals surface area contributed by atoms with Crippen molar-refractivity contribution < 1.29 is 0 Å². The van der Waals surface area contributed by atoms with Gasteiger partial charge in [-0.3, -0.25) is 4.68 Å². The Morgan fingerprint density at radius 1 is 1.38 bits per heavy atom. The molecule has 2 atom stereocenters. The minimum Gasteiger partial charge on any atom is -0.270 e. The van der Waals surface area contributed by atoms with Crippen LogP contribution in [0.2, 0.25) is 0 Å².